The number of benzene rings is 3. The predicted octanol–water partition coefficient (Wildman–Crippen LogP) is 5.71. The summed E-state index contributed by atoms with van der Waals surface area (Å²) in [6, 6.07) is 24.0. The summed E-state index contributed by atoms with van der Waals surface area (Å²) in [6.07, 6.45) is 7.53. The molecule has 3 atom stereocenters. The average molecular weight is 463 g/mol. The smallest absolute Gasteiger partial charge is 0.240 e. The van der Waals surface area contributed by atoms with Gasteiger partial charge in [-0.15, -0.1) is 11.8 Å². The number of hydrogen-bond donors (Lipinski definition) is 2. The summed E-state index contributed by atoms with van der Waals surface area (Å²) in [6.45, 7) is 0.276. The molecule has 0 saturated carbocycles. The monoisotopic (exact) mass is 462 g/mol. The number of hydrogen-bond acceptors (Lipinski definition) is 4. The third-order valence-electron chi connectivity index (χ3n) is 6.43. The van der Waals surface area contributed by atoms with Crippen LogP contribution >= 0.6 is 11.8 Å². The first-order valence-corrected chi connectivity index (χ1v) is 13.5. The Bertz CT molecular complexity index is 1240. The van der Waals surface area contributed by atoms with E-state index in [1.54, 1.807) is 17.8 Å². The molecule has 3 aromatic rings. The minimum absolute atomic E-state index is 0.206. The van der Waals surface area contributed by atoms with Crippen LogP contribution in [0.15, 0.2) is 94.7 Å². The molecule has 2 N–H and O–H groups in total. The Balaban J connectivity index is 1.42. The number of nitrogens with one attached hydrogen (secondary N) is 2. The van der Waals surface area contributed by atoms with E-state index in [0.717, 1.165) is 23.2 Å². The third kappa shape index (κ3) is 4.10. The number of thioether (sulfide) groups is 1. The Morgan fingerprint density at radius 2 is 1.81 bits per heavy atom. The van der Waals surface area contributed by atoms with Gasteiger partial charge in [0.2, 0.25) is 10.0 Å². The van der Waals surface area contributed by atoms with Gasteiger partial charge < -0.3 is 5.32 Å². The minimum Gasteiger partial charge on any atom is -0.378 e. The van der Waals surface area contributed by atoms with Crippen molar-refractivity contribution in [1.82, 2.24) is 4.72 Å². The molecule has 3 aromatic carbocycles. The first-order valence-electron chi connectivity index (χ1n) is 10.8. The van der Waals surface area contributed by atoms with Crippen molar-refractivity contribution in [1.29, 1.82) is 0 Å². The first-order chi connectivity index (χ1) is 15.5. The van der Waals surface area contributed by atoms with Crippen LogP contribution in [0.2, 0.25) is 0 Å². The number of fused-ring (bicyclic) bond motifs is 3. The van der Waals surface area contributed by atoms with Crippen LogP contribution in [0.5, 0.6) is 0 Å². The normalized spacial score (nSPS) is 21.6. The lowest BCUT2D eigenvalue weighted by Crippen LogP contribution is -2.30. The lowest BCUT2D eigenvalue weighted by Gasteiger charge is -2.37. The fourth-order valence-electron chi connectivity index (χ4n) is 4.74. The molecule has 0 aromatic heterocycles. The van der Waals surface area contributed by atoms with E-state index in [4.69, 9.17) is 0 Å². The first kappa shape index (κ1) is 21.3. The second-order valence-electron chi connectivity index (χ2n) is 8.31. The quantitative estimate of drug-likeness (QED) is 0.364. The summed E-state index contributed by atoms with van der Waals surface area (Å²) in [5, 5.41) is 3.70. The zero-order valence-electron chi connectivity index (χ0n) is 17.9. The Morgan fingerprint density at radius 3 is 2.56 bits per heavy atom. The molecule has 4 nitrogen and oxygen atoms in total. The maximum atomic E-state index is 13.0. The van der Waals surface area contributed by atoms with Crippen LogP contribution in [0.25, 0.3) is 0 Å². The van der Waals surface area contributed by atoms with Gasteiger partial charge in [-0.2, -0.15) is 0 Å². The van der Waals surface area contributed by atoms with Gasteiger partial charge in [0.15, 0.2) is 0 Å². The van der Waals surface area contributed by atoms with Crippen molar-refractivity contribution in [3.8, 4) is 0 Å². The molecule has 2 aliphatic rings. The van der Waals surface area contributed by atoms with E-state index < -0.39 is 10.0 Å². The van der Waals surface area contributed by atoms with Gasteiger partial charge in [-0.25, -0.2) is 13.1 Å². The van der Waals surface area contributed by atoms with E-state index in [-0.39, 0.29) is 18.5 Å². The Kier molecular flexibility index (Phi) is 5.84. The van der Waals surface area contributed by atoms with Crippen molar-refractivity contribution in [3.05, 3.63) is 102 Å². The number of rotatable bonds is 6. The fourth-order valence-corrected chi connectivity index (χ4v) is 6.20. The van der Waals surface area contributed by atoms with E-state index in [0.29, 0.717) is 10.8 Å². The largest absolute Gasteiger partial charge is 0.378 e. The highest BCUT2D eigenvalue weighted by atomic mass is 32.2. The zero-order valence-corrected chi connectivity index (χ0v) is 19.5. The lowest BCUT2D eigenvalue weighted by atomic mass is 9.77. The van der Waals surface area contributed by atoms with Gasteiger partial charge in [-0.05, 0) is 65.6 Å². The topological polar surface area (TPSA) is 58.2 Å². The summed E-state index contributed by atoms with van der Waals surface area (Å²) < 4.78 is 28.7. The van der Waals surface area contributed by atoms with Gasteiger partial charge >= 0.3 is 0 Å². The summed E-state index contributed by atoms with van der Waals surface area (Å²) in [7, 11) is -3.60. The van der Waals surface area contributed by atoms with Crippen LogP contribution in [0.4, 0.5) is 5.69 Å². The molecule has 0 radical (unpaired) electrons. The fraction of sp³-hybridized carbons (Fsp3) is 0.231. The highest BCUT2D eigenvalue weighted by Gasteiger charge is 2.38. The summed E-state index contributed by atoms with van der Waals surface area (Å²) in [5.74, 6) is 0.582. The Morgan fingerprint density at radius 1 is 1.03 bits per heavy atom. The average Bonchev–Trinajstić information content (AvgIpc) is 3.33. The SMILES string of the molecule is CSc1ccc(C2Nc3ccc(S(=O)(=O)NCc4ccccc4)cc3C3C=CCC32)cc1. The molecular formula is C26H26N2O2S2. The highest BCUT2D eigenvalue weighted by Crippen LogP contribution is 2.50. The molecule has 0 fully saturated rings. The minimum atomic E-state index is -3.60. The van der Waals surface area contributed by atoms with E-state index >= 15 is 0 Å². The molecular weight excluding hydrogens is 436 g/mol. The molecule has 0 amide bonds. The zero-order chi connectivity index (χ0) is 22.1. The molecule has 32 heavy (non-hydrogen) atoms. The maximum absolute atomic E-state index is 13.0. The maximum Gasteiger partial charge on any atom is 0.240 e. The second kappa shape index (κ2) is 8.77. The van der Waals surface area contributed by atoms with Crippen LogP contribution in [0, 0.1) is 5.92 Å². The molecule has 5 rings (SSSR count). The van der Waals surface area contributed by atoms with Crippen molar-refractivity contribution in [2.45, 2.75) is 34.7 Å². The van der Waals surface area contributed by atoms with E-state index in [1.807, 2.05) is 42.5 Å². The van der Waals surface area contributed by atoms with Crippen molar-refractivity contribution in [2.75, 3.05) is 11.6 Å². The summed E-state index contributed by atoms with van der Waals surface area (Å²) in [4.78, 5) is 1.57. The van der Waals surface area contributed by atoms with Gasteiger partial charge in [0.25, 0.3) is 0 Å². The van der Waals surface area contributed by atoms with E-state index in [2.05, 4.69) is 52.7 Å². The molecule has 164 valence electrons. The van der Waals surface area contributed by atoms with E-state index in [1.165, 1.54) is 10.5 Å². The van der Waals surface area contributed by atoms with Crippen molar-refractivity contribution in [3.63, 3.8) is 0 Å². The van der Waals surface area contributed by atoms with Gasteiger partial charge in [0.1, 0.15) is 0 Å². The molecule has 1 aliphatic heterocycles. The van der Waals surface area contributed by atoms with Crippen LogP contribution < -0.4 is 10.0 Å². The molecule has 0 bridgehead atoms. The number of sulfonamides is 1. The van der Waals surface area contributed by atoms with Crippen molar-refractivity contribution >= 4 is 27.5 Å². The highest BCUT2D eigenvalue weighted by molar-refractivity contribution is 7.98. The van der Waals surface area contributed by atoms with Gasteiger partial charge in [0.05, 0.1) is 10.9 Å². The molecule has 1 heterocycles. The van der Waals surface area contributed by atoms with Gasteiger partial charge in [-0.3, -0.25) is 0 Å². The molecule has 3 unspecified atom stereocenters. The van der Waals surface area contributed by atoms with E-state index in [9.17, 15) is 8.42 Å². The predicted molar refractivity (Wildman–Crippen MR) is 131 cm³/mol. The van der Waals surface area contributed by atoms with Crippen LogP contribution in [0.1, 0.15) is 35.1 Å². The molecule has 0 spiro atoms. The van der Waals surface area contributed by atoms with Crippen molar-refractivity contribution in [2.24, 2.45) is 5.92 Å². The second-order valence-corrected chi connectivity index (χ2v) is 11.0. The van der Waals surface area contributed by atoms with Gasteiger partial charge in [0, 0.05) is 23.0 Å². The Hall–Kier alpha value is -2.54. The number of allylic oxidation sites excluding steroid dienone is 2. The van der Waals surface area contributed by atoms with Crippen LogP contribution in [-0.4, -0.2) is 14.7 Å². The van der Waals surface area contributed by atoms with Gasteiger partial charge in [-0.1, -0.05) is 54.6 Å². The lowest BCUT2D eigenvalue weighted by molar-refractivity contribution is 0.425. The summed E-state index contributed by atoms with van der Waals surface area (Å²) >= 11 is 1.74. The van der Waals surface area contributed by atoms with Crippen molar-refractivity contribution < 1.29 is 8.42 Å². The Labute approximate surface area is 194 Å². The molecule has 0 saturated heterocycles. The molecule has 1 aliphatic carbocycles. The molecule has 6 heteroatoms. The third-order valence-corrected chi connectivity index (χ3v) is 8.57. The van der Waals surface area contributed by atoms with Crippen LogP contribution in [-0.2, 0) is 16.6 Å². The summed E-state index contributed by atoms with van der Waals surface area (Å²) in [5.41, 5.74) is 4.28. The van der Waals surface area contributed by atoms with Crippen LogP contribution in [0.3, 0.4) is 0 Å². The number of anilines is 1. The standard InChI is InChI=1S/C26H26N2O2S2/c1-31-20-12-10-19(11-13-20)26-23-9-5-8-22(23)24-16-21(14-15-25(24)28-26)32(29,30)27-17-18-6-3-2-4-7-18/h2-8,10-16,22-23,26-28H,9,17H2,1H3.